The lowest BCUT2D eigenvalue weighted by Crippen LogP contribution is -2.29. The third kappa shape index (κ3) is 3.07. The van der Waals surface area contributed by atoms with Gasteiger partial charge in [-0.2, -0.15) is 0 Å². The molecule has 1 amide bonds. The summed E-state index contributed by atoms with van der Waals surface area (Å²) >= 11 is 0. The van der Waals surface area contributed by atoms with Crippen LogP contribution in [-0.4, -0.2) is 27.6 Å². The maximum atomic E-state index is 10.5. The molecule has 0 aliphatic heterocycles. The van der Waals surface area contributed by atoms with E-state index in [1.807, 2.05) is 31.2 Å². The number of nitrogens with zero attached hydrogens (tertiary/aromatic N) is 2. The summed E-state index contributed by atoms with van der Waals surface area (Å²) in [5.41, 5.74) is 8.53. The highest BCUT2D eigenvalue weighted by molar-refractivity contribution is 6.02. The molecule has 2 aromatic carbocycles. The van der Waals surface area contributed by atoms with E-state index < -0.39 is 0 Å². The van der Waals surface area contributed by atoms with Gasteiger partial charge in [-0.1, -0.05) is 24.3 Å². The highest BCUT2D eigenvalue weighted by Gasteiger charge is 2.15. The molecule has 1 heterocycles. The zero-order chi connectivity index (χ0) is 18.0. The summed E-state index contributed by atoms with van der Waals surface area (Å²) < 4.78 is 0. The van der Waals surface area contributed by atoms with Crippen LogP contribution < -0.4 is 11.1 Å². The number of pyridine rings is 1. The van der Waals surface area contributed by atoms with E-state index in [0.717, 1.165) is 11.1 Å². The predicted octanol–water partition coefficient (Wildman–Crippen LogP) is 2.31. The first-order valence-electron chi connectivity index (χ1n) is 7.47. The summed E-state index contributed by atoms with van der Waals surface area (Å²) in [5, 5.41) is 22.8. The monoisotopic (exact) mass is 336 g/mol. The minimum absolute atomic E-state index is 0.0957. The lowest BCUT2D eigenvalue weighted by Gasteiger charge is -2.11. The highest BCUT2D eigenvalue weighted by Crippen LogP contribution is 2.39. The van der Waals surface area contributed by atoms with Gasteiger partial charge < -0.3 is 15.9 Å². The van der Waals surface area contributed by atoms with Crippen LogP contribution in [0.5, 0.6) is 11.5 Å². The van der Waals surface area contributed by atoms with Crippen molar-refractivity contribution in [1.82, 2.24) is 10.3 Å². The van der Waals surface area contributed by atoms with Crippen molar-refractivity contribution >= 4 is 29.0 Å². The molecule has 0 unspecified atom stereocenters. The molecule has 3 aromatic rings. The van der Waals surface area contributed by atoms with E-state index in [1.165, 1.54) is 12.1 Å². The number of nitrogens with two attached hydrogens (primary N) is 1. The number of amides is 1. The van der Waals surface area contributed by atoms with Crippen LogP contribution in [0, 0.1) is 6.92 Å². The first kappa shape index (κ1) is 16.3. The molecule has 0 fully saturated rings. The standard InChI is InChI=1S/C18H16N4O3/c1-10-4-2-3-5-11(10)12-8-13(22-18(19)20-9-23)16-14(24)6-7-15(25)17(16)21-12/h2-9,24-25H,1H3,(H3,19,20,21,22,23). The summed E-state index contributed by atoms with van der Waals surface area (Å²) in [7, 11) is 0. The van der Waals surface area contributed by atoms with Gasteiger partial charge in [0.2, 0.25) is 6.41 Å². The molecule has 0 aliphatic rings. The molecule has 0 saturated heterocycles. The number of nitrogens with one attached hydrogen (secondary N) is 1. The van der Waals surface area contributed by atoms with Gasteiger partial charge in [-0.3, -0.25) is 10.1 Å². The van der Waals surface area contributed by atoms with Gasteiger partial charge in [-0.05, 0) is 30.7 Å². The van der Waals surface area contributed by atoms with E-state index in [1.54, 1.807) is 6.07 Å². The first-order chi connectivity index (χ1) is 12.0. The zero-order valence-electron chi connectivity index (χ0n) is 13.4. The third-order valence-corrected chi connectivity index (χ3v) is 3.77. The number of guanidine groups is 1. The van der Waals surface area contributed by atoms with Gasteiger partial charge in [-0.15, -0.1) is 0 Å². The number of carbonyl (C=O) groups is 1. The van der Waals surface area contributed by atoms with Crippen molar-refractivity contribution in [3.8, 4) is 22.8 Å². The number of fused-ring (bicyclic) bond motifs is 1. The normalized spacial score (nSPS) is 11.5. The average molecular weight is 336 g/mol. The number of aliphatic imine (C=N–C) groups is 1. The molecular formula is C18H16N4O3. The lowest BCUT2D eigenvalue weighted by molar-refractivity contribution is -0.108. The Kier molecular flexibility index (Phi) is 4.21. The number of rotatable bonds is 3. The van der Waals surface area contributed by atoms with Gasteiger partial charge in [0.15, 0.2) is 5.96 Å². The molecule has 0 radical (unpaired) electrons. The van der Waals surface area contributed by atoms with Crippen molar-refractivity contribution in [2.45, 2.75) is 6.92 Å². The maximum Gasteiger partial charge on any atom is 0.213 e. The largest absolute Gasteiger partial charge is 0.507 e. The van der Waals surface area contributed by atoms with Crippen LogP contribution in [0.2, 0.25) is 0 Å². The number of hydrogen-bond donors (Lipinski definition) is 4. The van der Waals surface area contributed by atoms with Crippen molar-refractivity contribution < 1.29 is 15.0 Å². The summed E-state index contributed by atoms with van der Waals surface area (Å²) in [6.07, 6.45) is 0.405. The number of aromatic hydroxyl groups is 2. The Labute approximate surface area is 143 Å². The number of benzene rings is 2. The number of hydrogen-bond acceptors (Lipinski definition) is 5. The second-order valence-corrected chi connectivity index (χ2v) is 5.43. The van der Waals surface area contributed by atoms with Crippen molar-refractivity contribution in [1.29, 1.82) is 0 Å². The second-order valence-electron chi connectivity index (χ2n) is 5.43. The minimum Gasteiger partial charge on any atom is -0.507 e. The average Bonchev–Trinajstić information content (AvgIpc) is 2.58. The van der Waals surface area contributed by atoms with Crippen molar-refractivity contribution in [3.05, 3.63) is 48.0 Å². The summed E-state index contributed by atoms with van der Waals surface area (Å²) in [5.74, 6) is -0.336. The van der Waals surface area contributed by atoms with E-state index in [2.05, 4.69) is 15.3 Å². The van der Waals surface area contributed by atoms with Crippen molar-refractivity contribution in [2.75, 3.05) is 0 Å². The van der Waals surface area contributed by atoms with Crippen LogP contribution in [-0.2, 0) is 4.79 Å². The fourth-order valence-corrected chi connectivity index (χ4v) is 2.60. The smallest absolute Gasteiger partial charge is 0.213 e. The summed E-state index contributed by atoms with van der Waals surface area (Å²) in [6.45, 7) is 1.94. The summed E-state index contributed by atoms with van der Waals surface area (Å²) in [6, 6.07) is 12.0. The van der Waals surface area contributed by atoms with Crippen molar-refractivity contribution in [3.63, 3.8) is 0 Å². The Morgan fingerprint density at radius 2 is 1.92 bits per heavy atom. The van der Waals surface area contributed by atoms with Crippen LogP contribution in [0.1, 0.15) is 5.56 Å². The molecule has 0 atom stereocenters. The van der Waals surface area contributed by atoms with Crippen LogP contribution in [0.3, 0.4) is 0 Å². The van der Waals surface area contributed by atoms with Gasteiger partial charge in [0.05, 0.1) is 16.8 Å². The minimum atomic E-state index is -0.138. The van der Waals surface area contributed by atoms with Gasteiger partial charge in [0.25, 0.3) is 0 Å². The van der Waals surface area contributed by atoms with E-state index in [0.29, 0.717) is 12.1 Å². The summed E-state index contributed by atoms with van der Waals surface area (Å²) in [4.78, 5) is 19.2. The van der Waals surface area contributed by atoms with Crippen LogP contribution in [0.15, 0.2) is 47.5 Å². The zero-order valence-corrected chi connectivity index (χ0v) is 13.4. The molecule has 0 aliphatic carbocycles. The fraction of sp³-hybridized carbons (Fsp3) is 0.0556. The van der Waals surface area contributed by atoms with Crippen LogP contribution >= 0.6 is 0 Å². The number of phenols is 2. The van der Waals surface area contributed by atoms with Gasteiger partial charge in [0.1, 0.15) is 17.0 Å². The van der Waals surface area contributed by atoms with E-state index in [4.69, 9.17) is 5.73 Å². The quantitative estimate of drug-likeness (QED) is 0.253. The molecule has 0 spiro atoms. The molecule has 7 nitrogen and oxygen atoms in total. The number of aryl methyl sites for hydroxylation is 1. The van der Waals surface area contributed by atoms with E-state index in [-0.39, 0.29) is 34.0 Å². The molecule has 0 saturated carbocycles. The predicted molar refractivity (Wildman–Crippen MR) is 95.7 cm³/mol. The Bertz CT molecular complexity index is 999. The van der Waals surface area contributed by atoms with Gasteiger partial charge in [-0.25, -0.2) is 9.98 Å². The Hall–Kier alpha value is -3.61. The Morgan fingerprint density at radius 3 is 2.64 bits per heavy atom. The topological polar surface area (TPSA) is 121 Å². The first-order valence-corrected chi connectivity index (χ1v) is 7.47. The molecule has 126 valence electrons. The molecule has 5 N–H and O–H groups in total. The van der Waals surface area contributed by atoms with Crippen molar-refractivity contribution in [2.24, 2.45) is 10.7 Å². The van der Waals surface area contributed by atoms with Gasteiger partial charge >= 0.3 is 0 Å². The molecule has 25 heavy (non-hydrogen) atoms. The molecule has 0 bridgehead atoms. The lowest BCUT2D eigenvalue weighted by atomic mass is 10.0. The van der Waals surface area contributed by atoms with E-state index in [9.17, 15) is 15.0 Å². The third-order valence-electron chi connectivity index (χ3n) is 3.77. The highest BCUT2D eigenvalue weighted by atomic mass is 16.3. The fourth-order valence-electron chi connectivity index (χ4n) is 2.60. The van der Waals surface area contributed by atoms with E-state index >= 15 is 0 Å². The molecule has 7 heteroatoms. The van der Waals surface area contributed by atoms with Crippen LogP contribution in [0.25, 0.3) is 22.2 Å². The number of aromatic nitrogens is 1. The Morgan fingerprint density at radius 1 is 1.20 bits per heavy atom. The SMILES string of the molecule is Cc1ccccc1-c1cc(N=C(N)NC=O)c2c(O)ccc(O)c2n1. The maximum absolute atomic E-state index is 10.5. The number of phenolic OH excluding ortho intramolecular Hbond substituents is 2. The Balaban J connectivity index is 2.35. The molecule has 1 aromatic heterocycles. The van der Waals surface area contributed by atoms with Crippen LogP contribution in [0.4, 0.5) is 5.69 Å². The van der Waals surface area contributed by atoms with Gasteiger partial charge in [0, 0.05) is 5.56 Å². The molecule has 3 rings (SSSR count). The molecular weight excluding hydrogens is 320 g/mol. The number of carbonyl (C=O) groups excluding carboxylic acids is 1. The second kappa shape index (κ2) is 6.48.